The largest absolute Gasteiger partial charge is 0.356 e. The molecule has 0 saturated carbocycles. The predicted molar refractivity (Wildman–Crippen MR) is 104 cm³/mol. The van der Waals surface area contributed by atoms with E-state index >= 15 is 0 Å². The van der Waals surface area contributed by atoms with Crippen molar-refractivity contribution in [1.82, 2.24) is 20.0 Å². The maximum absolute atomic E-state index is 13.2. The molecule has 3 heterocycles. The van der Waals surface area contributed by atoms with Crippen LogP contribution >= 0.6 is 0 Å². The van der Waals surface area contributed by atoms with Crippen molar-refractivity contribution < 1.29 is 9.32 Å². The van der Waals surface area contributed by atoms with Crippen LogP contribution in [-0.4, -0.2) is 32.5 Å². The van der Waals surface area contributed by atoms with E-state index in [1.54, 1.807) is 0 Å². The second kappa shape index (κ2) is 8.19. The molecular weight excluding hydrogens is 340 g/mol. The van der Waals surface area contributed by atoms with Gasteiger partial charge in [-0.2, -0.15) is 0 Å². The Morgan fingerprint density at radius 3 is 2.63 bits per heavy atom. The zero-order valence-electron chi connectivity index (χ0n) is 17.1. The van der Waals surface area contributed by atoms with Crippen molar-refractivity contribution >= 4 is 5.91 Å². The normalized spacial score (nSPS) is 17.6. The number of aryl methyl sites for hydroxylation is 2. The van der Waals surface area contributed by atoms with Gasteiger partial charge in [-0.05, 0) is 52.9 Å². The van der Waals surface area contributed by atoms with Crippen LogP contribution in [-0.2, 0) is 4.79 Å². The molecule has 0 aliphatic carbocycles. The van der Waals surface area contributed by atoms with Gasteiger partial charge in [-0.3, -0.25) is 4.79 Å². The van der Waals surface area contributed by atoms with E-state index in [9.17, 15) is 4.79 Å². The Labute approximate surface area is 161 Å². The lowest BCUT2D eigenvalue weighted by atomic mass is 9.92. The Bertz CT molecular complexity index is 811. The van der Waals surface area contributed by atoms with Crippen LogP contribution in [0.25, 0.3) is 11.3 Å². The van der Waals surface area contributed by atoms with E-state index in [0.717, 1.165) is 61.2 Å². The SMILES string of the molecule is CCC(CC)C(=O)N1CCCCC1c1nc(C)ncc1-c1onc(C)c1C. The highest BCUT2D eigenvalue weighted by molar-refractivity contribution is 5.79. The third-order valence-electron chi connectivity index (χ3n) is 5.78. The number of amides is 1. The summed E-state index contributed by atoms with van der Waals surface area (Å²) in [7, 11) is 0. The van der Waals surface area contributed by atoms with E-state index in [-0.39, 0.29) is 17.9 Å². The summed E-state index contributed by atoms with van der Waals surface area (Å²) in [5.41, 5.74) is 3.61. The van der Waals surface area contributed by atoms with Crippen LogP contribution in [0, 0.1) is 26.7 Å². The van der Waals surface area contributed by atoms with Crippen molar-refractivity contribution in [2.24, 2.45) is 5.92 Å². The molecule has 0 aromatic carbocycles. The second-order valence-corrected chi connectivity index (χ2v) is 7.49. The molecule has 6 nitrogen and oxygen atoms in total. The van der Waals surface area contributed by atoms with Crippen LogP contribution in [0.4, 0.5) is 0 Å². The van der Waals surface area contributed by atoms with Crippen molar-refractivity contribution in [3.63, 3.8) is 0 Å². The molecule has 0 radical (unpaired) electrons. The van der Waals surface area contributed by atoms with Gasteiger partial charge in [0.15, 0.2) is 5.76 Å². The number of carbonyl (C=O) groups is 1. The van der Waals surface area contributed by atoms with E-state index in [0.29, 0.717) is 11.6 Å². The quantitative estimate of drug-likeness (QED) is 0.772. The van der Waals surface area contributed by atoms with Crippen LogP contribution in [0.3, 0.4) is 0 Å². The number of hydrogen-bond acceptors (Lipinski definition) is 5. The number of carbonyl (C=O) groups excluding carboxylic acids is 1. The van der Waals surface area contributed by atoms with Gasteiger partial charge in [-0.15, -0.1) is 0 Å². The highest BCUT2D eigenvalue weighted by atomic mass is 16.5. The van der Waals surface area contributed by atoms with Crippen molar-refractivity contribution in [3.8, 4) is 11.3 Å². The molecule has 3 rings (SSSR count). The van der Waals surface area contributed by atoms with Crippen molar-refractivity contribution in [2.45, 2.75) is 72.8 Å². The number of piperidine rings is 1. The molecule has 2 aromatic heterocycles. The maximum Gasteiger partial charge on any atom is 0.226 e. The summed E-state index contributed by atoms with van der Waals surface area (Å²) >= 11 is 0. The molecule has 1 unspecified atom stereocenters. The first-order valence-corrected chi connectivity index (χ1v) is 10.0. The van der Waals surface area contributed by atoms with Crippen LogP contribution in [0.2, 0.25) is 0 Å². The lowest BCUT2D eigenvalue weighted by molar-refractivity contribution is -0.139. The lowest BCUT2D eigenvalue weighted by Gasteiger charge is -2.38. The monoisotopic (exact) mass is 370 g/mol. The maximum atomic E-state index is 13.2. The fourth-order valence-electron chi connectivity index (χ4n) is 3.94. The van der Waals surface area contributed by atoms with Crippen LogP contribution in [0.1, 0.15) is 74.8 Å². The molecule has 0 bridgehead atoms. The standard InChI is InChI=1S/C21H30N4O2/c1-6-16(7-2)21(26)25-11-9-8-10-18(25)19-17(12-22-15(5)23-19)20-13(3)14(4)24-27-20/h12,16,18H,6-11H2,1-5H3. The van der Waals surface area contributed by atoms with E-state index in [2.05, 4.69) is 24.0 Å². The number of aromatic nitrogens is 3. The van der Waals surface area contributed by atoms with Gasteiger partial charge in [0.05, 0.1) is 23.0 Å². The molecule has 0 N–H and O–H groups in total. The van der Waals surface area contributed by atoms with E-state index in [1.165, 1.54) is 0 Å². The summed E-state index contributed by atoms with van der Waals surface area (Å²) in [5, 5.41) is 4.10. The first-order valence-electron chi connectivity index (χ1n) is 10.0. The number of nitrogens with zero attached hydrogens (tertiary/aromatic N) is 4. The van der Waals surface area contributed by atoms with Gasteiger partial charge in [0, 0.05) is 24.2 Å². The molecule has 1 fully saturated rings. The Balaban J connectivity index is 2.06. The number of hydrogen-bond donors (Lipinski definition) is 0. The molecule has 0 spiro atoms. The van der Waals surface area contributed by atoms with Gasteiger partial charge in [0.25, 0.3) is 0 Å². The average molecular weight is 370 g/mol. The van der Waals surface area contributed by atoms with Crippen LogP contribution in [0.15, 0.2) is 10.7 Å². The minimum atomic E-state index is -0.0339. The lowest BCUT2D eigenvalue weighted by Crippen LogP contribution is -2.42. The number of rotatable bonds is 5. The third kappa shape index (κ3) is 3.75. The predicted octanol–water partition coefficient (Wildman–Crippen LogP) is 4.55. The molecule has 1 aliphatic rings. The number of likely N-dealkylation sites (tertiary alicyclic amines) is 1. The summed E-state index contributed by atoms with van der Waals surface area (Å²) in [6.45, 7) is 10.8. The van der Waals surface area contributed by atoms with E-state index in [4.69, 9.17) is 9.51 Å². The zero-order valence-corrected chi connectivity index (χ0v) is 17.1. The van der Waals surface area contributed by atoms with Crippen molar-refractivity contribution in [2.75, 3.05) is 6.54 Å². The van der Waals surface area contributed by atoms with E-state index in [1.807, 2.05) is 31.9 Å². The summed E-state index contributed by atoms with van der Waals surface area (Å²) in [6, 6.07) is -0.0339. The molecule has 1 saturated heterocycles. The van der Waals surface area contributed by atoms with Gasteiger partial charge in [-0.1, -0.05) is 19.0 Å². The average Bonchev–Trinajstić information content (AvgIpc) is 3.01. The fraction of sp³-hybridized carbons (Fsp3) is 0.619. The minimum absolute atomic E-state index is 0.0339. The van der Waals surface area contributed by atoms with Gasteiger partial charge in [-0.25, -0.2) is 9.97 Å². The Kier molecular flexibility index (Phi) is 5.92. The first kappa shape index (κ1) is 19.5. The summed E-state index contributed by atoms with van der Waals surface area (Å²) in [4.78, 5) is 24.4. The Hall–Kier alpha value is -2.24. The molecule has 27 heavy (non-hydrogen) atoms. The van der Waals surface area contributed by atoms with E-state index < -0.39 is 0 Å². The zero-order chi connectivity index (χ0) is 19.6. The molecule has 1 amide bonds. The summed E-state index contributed by atoms with van der Waals surface area (Å²) in [5.74, 6) is 1.75. The summed E-state index contributed by atoms with van der Waals surface area (Å²) < 4.78 is 5.60. The van der Waals surface area contributed by atoms with Crippen molar-refractivity contribution in [3.05, 3.63) is 29.0 Å². The molecular formula is C21H30N4O2. The van der Waals surface area contributed by atoms with Gasteiger partial charge >= 0.3 is 0 Å². The van der Waals surface area contributed by atoms with Gasteiger partial charge in [0.2, 0.25) is 5.91 Å². The molecule has 6 heteroatoms. The Morgan fingerprint density at radius 1 is 1.26 bits per heavy atom. The molecule has 1 aliphatic heterocycles. The van der Waals surface area contributed by atoms with Crippen LogP contribution in [0.5, 0.6) is 0 Å². The molecule has 146 valence electrons. The highest BCUT2D eigenvalue weighted by Gasteiger charge is 2.34. The topological polar surface area (TPSA) is 72.1 Å². The smallest absolute Gasteiger partial charge is 0.226 e. The highest BCUT2D eigenvalue weighted by Crippen LogP contribution is 2.38. The molecule has 1 atom stereocenters. The second-order valence-electron chi connectivity index (χ2n) is 7.49. The van der Waals surface area contributed by atoms with Gasteiger partial charge in [0.1, 0.15) is 5.82 Å². The third-order valence-corrected chi connectivity index (χ3v) is 5.78. The van der Waals surface area contributed by atoms with Gasteiger partial charge < -0.3 is 9.42 Å². The molecule has 2 aromatic rings. The first-order chi connectivity index (χ1) is 13.0. The summed E-state index contributed by atoms with van der Waals surface area (Å²) in [6.07, 6.45) is 6.61. The van der Waals surface area contributed by atoms with Crippen molar-refractivity contribution in [1.29, 1.82) is 0 Å². The van der Waals surface area contributed by atoms with Crippen LogP contribution < -0.4 is 0 Å². The minimum Gasteiger partial charge on any atom is -0.356 e. The fourth-order valence-corrected chi connectivity index (χ4v) is 3.94. The Morgan fingerprint density at radius 2 is 2.00 bits per heavy atom.